The molecular weight excluding hydrogens is 272 g/mol. The number of halogens is 4. The van der Waals surface area contributed by atoms with E-state index < -0.39 is 17.6 Å². The Morgan fingerprint density at radius 2 is 1.75 bits per heavy atom. The third-order valence-electron chi connectivity index (χ3n) is 2.94. The average molecular weight is 280 g/mol. The summed E-state index contributed by atoms with van der Waals surface area (Å²) in [6.07, 6.45) is -4.52. The van der Waals surface area contributed by atoms with Crippen molar-refractivity contribution in [3.05, 3.63) is 53.8 Å². The Kier molecular flexibility index (Phi) is 2.74. The number of hydrogen-bond donors (Lipinski definition) is 1. The summed E-state index contributed by atoms with van der Waals surface area (Å²) in [5.74, 6) is -0.674. The normalized spacial score (nSPS) is 12.0. The van der Waals surface area contributed by atoms with Gasteiger partial charge in [-0.2, -0.15) is 13.2 Å². The first kappa shape index (κ1) is 12.7. The van der Waals surface area contributed by atoms with Crippen molar-refractivity contribution in [1.82, 2.24) is 9.97 Å². The van der Waals surface area contributed by atoms with Crippen molar-refractivity contribution in [2.45, 2.75) is 6.18 Å². The van der Waals surface area contributed by atoms with Crippen LogP contribution in [0.5, 0.6) is 0 Å². The minimum absolute atomic E-state index is 0.0785. The van der Waals surface area contributed by atoms with Crippen molar-refractivity contribution in [2.75, 3.05) is 0 Å². The summed E-state index contributed by atoms with van der Waals surface area (Å²) >= 11 is 0. The minimum atomic E-state index is -4.52. The Hall–Kier alpha value is -2.37. The van der Waals surface area contributed by atoms with Crippen LogP contribution in [0.1, 0.15) is 5.56 Å². The zero-order chi connectivity index (χ0) is 14.3. The molecule has 0 unspecified atom stereocenters. The molecule has 0 fully saturated rings. The molecule has 0 radical (unpaired) electrons. The van der Waals surface area contributed by atoms with Gasteiger partial charge in [0.2, 0.25) is 0 Å². The predicted molar refractivity (Wildman–Crippen MR) is 66.5 cm³/mol. The monoisotopic (exact) mass is 280 g/mol. The maximum Gasteiger partial charge on any atom is 0.416 e. The van der Waals surface area contributed by atoms with Crippen molar-refractivity contribution in [1.29, 1.82) is 0 Å². The van der Waals surface area contributed by atoms with E-state index in [1.54, 1.807) is 24.3 Å². The molecule has 0 bridgehead atoms. The summed E-state index contributed by atoms with van der Waals surface area (Å²) in [6.45, 7) is 0. The number of aromatic nitrogens is 2. The Bertz CT molecular complexity index is 741. The quantitative estimate of drug-likeness (QED) is 0.658. The van der Waals surface area contributed by atoms with E-state index in [1.165, 1.54) is 0 Å². The lowest BCUT2D eigenvalue weighted by atomic mass is 10.1. The number of aromatic amines is 1. The van der Waals surface area contributed by atoms with Gasteiger partial charge >= 0.3 is 6.18 Å². The Balaban J connectivity index is 2.17. The van der Waals surface area contributed by atoms with Crippen LogP contribution in [0.15, 0.2) is 42.5 Å². The van der Waals surface area contributed by atoms with Crippen LogP contribution in [-0.2, 0) is 6.18 Å². The molecule has 0 atom stereocenters. The standard InChI is InChI=1S/C14H8F4N2/c15-10-6-5-8(14(16,17)18)7-9(10)13-19-11-3-1-2-4-12(11)20-13/h1-7H,(H,19,20). The average Bonchev–Trinajstić information content (AvgIpc) is 2.81. The fourth-order valence-electron chi connectivity index (χ4n) is 1.96. The molecule has 6 heteroatoms. The fourth-order valence-corrected chi connectivity index (χ4v) is 1.96. The van der Waals surface area contributed by atoms with Gasteiger partial charge in [0.25, 0.3) is 0 Å². The third-order valence-corrected chi connectivity index (χ3v) is 2.94. The molecule has 2 nitrogen and oxygen atoms in total. The van der Waals surface area contributed by atoms with Gasteiger partial charge in [-0.25, -0.2) is 9.37 Å². The first-order valence-corrected chi connectivity index (χ1v) is 5.77. The summed E-state index contributed by atoms with van der Waals surface area (Å²) in [6, 6.07) is 9.18. The second kappa shape index (κ2) is 4.33. The van der Waals surface area contributed by atoms with Crippen LogP contribution in [-0.4, -0.2) is 9.97 Å². The van der Waals surface area contributed by atoms with Gasteiger partial charge in [0.05, 0.1) is 22.2 Å². The van der Waals surface area contributed by atoms with E-state index in [0.29, 0.717) is 17.1 Å². The van der Waals surface area contributed by atoms with Gasteiger partial charge in [-0.15, -0.1) is 0 Å². The number of hydrogen-bond acceptors (Lipinski definition) is 1. The molecule has 102 valence electrons. The molecule has 0 saturated carbocycles. The highest BCUT2D eigenvalue weighted by Crippen LogP contribution is 2.33. The van der Waals surface area contributed by atoms with Crippen LogP contribution in [0.25, 0.3) is 22.4 Å². The van der Waals surface area contributed by atoms with Gasteiger partial charge in [-0.3, -0.25) is 0 Å². The maximum atomic E-state index is 13.7. The zero-order valence-corrected chi connectivity index (χ0v) is 10.0. The number of H-pyrrole nitrogens is 1. The van der Waals surface area contributed by atoms with Gasteiger partial charge in [0, 0.05) is 0 Å². The molecular formula is C14H8F4N2. The Morgan fingerprint density at radius 3 is 2.45 bits per heavy atom. The van der Waals surface area contributed by atoms with Crippen molar-refractivity contribution in [2.24, 2.45) is 0 Å². The van der Waals surface area contributed by atoms with Crippen LogP contribution < -0.4 is 0 Å². The summed E-state index contributed by atoms with van der Waals surface area (Å²) < 4.78 is 51.7. The molecule has 20 heavy (non-hydrogen) atoms. The van der Waals surface area contributed by atoms with E-state index in [-0.39, 0.29) is 11.4 Å². The van der Waals surface area contributed by atoms with Gasteiger partial charge in [0.1, 0.15) is 11.6 Å². The lowest BCUT2D eigenvalue weighted by Crippen LogP contribution is -2.05. The Labute approximate surface area is 111 Å². The highest BCUT2D eigenvalue weighted by atomic mass is 19.4. The van der Waals surface area contributed by atoms with E-state index in [9.17, 15) is 17.6 Å². The number of fused-ring (bicyclic) bond motifs is 1. The smallest absolute Gasteiger partial charge is 0.338 e. The third kappa shape index (κ3) is 2.13. The van der Waals surface area contributed by atoms with Crippen LogP contribution in [0.3, 0.4) is 0 Å². The lowest BCUT2D eigenvalue weighted by molar-refractivity contribution is -0.137. The molecule has 2 aromatic carbocycles. The molecule has 3 rings (SSSR count). The number of imidazole rings is 1. The van der Waals surface area contributed by atoms with Crippen LogP contribution in [0, 0.1) is 5.82 Å². The molecule has 0 aliphatic carbocycles. The van der Waals surface area contributed by atoms with E-state index in [0.717, 1.165) is 12.1 Å². The highest BCUT2D eigenvalue weighted by Gasteiger charge is 2.31. The number of nitrogens with zero attached hydrogens (tertiary/aromatic N) is 1. The van der Waals surface area contributed by atoms with Crippen LogP contribution in [0.2, 0.25) is 0 Å². The summed E-state index contributed by atoms with van der Waals surface area (Å²) in [7, 11) is 0. The van der Waals surface area contributed by atoms with Gasteiger partial charge in [-0.05, 0) is 30.3 Å². The van der Waals surface area contributed by atoms with E-state index in [2.05, 4.69) is 9.97 Å². The SMILES string of the molecule is Fc1ccc(C(F)(F)F)cc1-c1nc2ccccc2[nH]1. The largest absolute Gasteiger partial charge is 0.416 e. The molecule has 0 saturated heterocycles. The van der Waals surface area contributed by atoms with Crippen molar-refractivity contribution in [3.63, 3.8) is 0 Å². The molecule has 0 aliphatic heterocycles. The second-order valence-electron chi connectivity index (χ2n) is 4.29. The number of para-hydroxylation sites is 2. The summed E-state index contributed by atoms with van der Waals surface area (Å²) in [5, 5.41) is 0. The van der Waals surface area contributed by atoms with Crippen molar-refractivity contribution >= 4 is 11.0 Å². The molecule has 1 aromatic heterocycles. The molecule has 1 heterocycles. The Morgan fingerprint density at radius 1 is 1.00 bits per heavy atom. The number of benzene rings is 2. The summed E-state index contributed by atoms with van der Waals surface area (Å²) in [5.41, 5.74) is 0.101. The van der Waals surface area contributed by atoms with E-state index >= 15 is 0 Å². The first-order valence-electron chi connectivity index (χ1n) is 5.77. The fraction of sp³-hybridized carbons (Fsp3) is 0.0714. The summed E-state index contributed by atoms with van der Waals surface area (Å²) in [4.78, 5) is 6.92. The molecule has 0 aliphatic rings. The molecule has 0 spiro atoms. The predicted octanol–water partition coefficient (Wildman–Crippen LogP) is 4.39. The second-order valence-corrected chi connectivity index (χ2v) is 4.29. The zero-order valence-electron chi connectivity index (χ0n) is 10.0. The maximum absolute atomic E-state index is 13.7. The first-order chi connectivity index (χ1) is 9.45. The molecule has 3 aromatic rings. The molecule has 0 amide bonds. The van der Waals surface area contributed by atoms with Gasteiger partial charge in [0.15, 0.2) is 0 Å². The number of rotatable bonds is 1. The highest BCUT2D eigenvalue weighted by molar-refractivity contribution is 5.79. The lowest BCUT2D eigenvalue weighted by Gasteiger charge is -2.08. The van der Waals surface area contributed by atoms with Gasteiger partial charge < -0.3 is 4.98 Å². The van der Waals surface area contributed by atoms with Crippen molar-refractivity contribution in [3.8, 4) is 11.4 Å². The minimum Gasteiger partial charge on any atom is -0.338 e. The number of nitrogens with one attached hydrogen (secondary N) is 1. The van der Waals surface area contributed by atoms with Crippen LogP contribution >= 0.6 is 0 Å². The van der Waals surface area contributed by atoms with Crippen LogP contribution in [0.4, 0.5) is 17.6 Å². The van der Waals surface area contributed by atoms with E-state index in [4.69, 9.17) is 0 Å². The van der Waals surface area contributed by atoms with Crippen molar-refractivity contribution < 1.29 is 17.6 Å². The number of alkyl halides is 3. The van der Waals surface area contributed by atoms with E-state index in [1.807, 2.05) is 0 Å². The van der Waals surface area contributed by atoms with Gasteiger partial charge in [-0.1, -0.05) is 12.1 Å². The topological polar surface area (TPSA) is 28.7 Å². The molecule has 1 N–H and O–H groups in total.